The van der Waals surface area contributed by atoms with Gasteiger partial charge in [-0.15, -0.1) is 0 Å². The molecule has 0 rings (SSSR count). The van der Waals surface area contributed by atoms with Crippen molar-refractivity contribution in [2.45, 2.75) is 152 Å². The van der Waals surface area contributed by atoms with Crippen molar-refractivity contribution in [2.75, 3.05) is 0 Å². The van der Waals surface area contributed by atoms with E-state index < -0.39 is 21.4 Å². The second-order valence-electron chi connectivity index (χ2n) is 13.9. The van der Waals surface area contributed by atoms with Gasteiger partial charge in [-0.05, 0) is 158 Å². The SMILES string of the molecule is CC(C)=CCCC(C)=CCC/C(C)=C\CC/C(C)=C/C(/C=C(\C)CC/C=C(/C)CCC=C(C)CCC=C(C)C)(OP(=O)(O)O)OP(=O)(O)O. The van der Waals surface area contributed by atoms with Crippen LogP contribution < -0.4 is 0 Å². The summed E-state index contributed by atoms with van der Waals surface area (Å²) in [6.45, 7) is 20.3. The standard InChI is InChI=1S/C39H66O8P2/c1-31(2)17-11-19-33(5)21-13-23-35(7)25-15-27-37(9)29-39(46-48(40,41)42,47-49(43,44)45)30-38(10)28-16-26-36(8)24-14-22-34(6)20-12-18-32(3)4/h17-18,21-22,25-26,29-30H,11-16,19-20,23-24,27-28H2,1-10H3,(H2,40,41,42)(H2,43,44,45)/b33-21?,34-22?,35-25-,36-26-,37-29+,38-30+. The van der Waals surface area contributed by atoms with Gasteiger partial charge < -0.3 is 19.6 Å². The molecule has 0 aromatic carbocycles. The van der Waals surface area contributed by atoms with E-state index in [1.54, 1.807) is 13.8 Å². The summed E-state index contributed by atoms with van der Waals surface area (Å²) in [5.74, 6) is -2.45. The molecule has 0 aliphatic rings. The highest BCUT2D eigenvalue weighted by molar-refractivity contribution is 7.47. The van der Waals surface area contributed by atoms with Crippen LogP contribution >= 0.6 is 15.6 Å². The molecule has 0 radical (unpaired) electrons. The van der Waals surface area contributed by atoms with Crippen molar-refractivity contribution in [3.8, 4) is 0 Å². The number of hydrogen-bond donors (Lipinski definition) is 4. The Balaban J connectivity index is 5.66. The quantitative estimate of drug-likeness (QED) is 0.0439. The van der Waals surface area contributed by atoms with E-state index in [0.717, 1.165) is 51.4 Å². The van der Waals surface area contributed by atoms with Crippen LogP contribution in [-0.4, -0.2) is 25.4 Å². The van der Waals surface area contributed by atoms with Gasteiger partial charge in [0.25, 0.3) is 0 Å². The van der Waals surface area contributed by atoms with Crippen molar-refractivity contribution >= 4 is 15.6 Å². The molecule has 0 aromatic rings. The lowest BCUT2D eigenvalue weighted by Gasteiger charge is -2.29. The van der Waals surface area contributed by atoms with E-state index in [1.807, 2.05) is 0 Å². The summed E-state index contributed by atoms with van der Waals surface area (Å²) >= 11 is 0. The Bertz CT molecular complexity index is 1250. The summed E-state index contributed by atoms with van der Waals surface area (Å²) in [4.78, 5) is 38.9. The van der Waals surface area contributed by atoms with Crippen LogP contribution in [0.5, 0.6) is 0 Å². The first-order chi connectivity index (χ1) is 22.6. The Kier molecular flexibility index (Phi) is 23.4. The number of phosphoric acid groups is 2. The minimum absolute atomic E-state index is 0.476. The van der Waals surface area contributed by atoms with E-state index in [0.29, 0.717) is 36.8 Å². The van der Waals surface area contributed by atoms with Gasteiger partial charge in [0.15, 0.2) is 0 Å². The molecule has 0 aromatic heterocycles. The van der Waals surface area contributed by atoms with E-state index in [9.17, 15) is 28.7 Å². The first kappa shape index (κ1) is 47.1. The van der Waals surface area contributed by atoms with Gasteiger partial charge in [-0.1, -0.05) is 81.0 Å². The van der Waals surface area contributed by atoms with E-state index in [1.165, 1.54) is 45.6 Å². The second-order valence-corrected chi connectivity index (χ2v) is 16.2. The summed E-state index contributed by atoms with van der Waals surface area (Å²) in [6.07, 6.45) is 25.9. The van der Waals surface area contributed by atoms with Gasteiger partial charge in [0.05, 0.1) is 0 Å². The van der Waals surface area contributed by atoms with Crippen LogP contribution in [0, 0.1) is 0 Å². The third-order valence-electron chi connectivity index (χ3n) is 7.73. The van der Waals surface area contributed by atoms with Gasteiger partial charge in [-0.25, -0.2) is 18.2 Å². The molecule has 280 valence electrons. The summed E-state index contributed by atoms with van der Waals surface area (Å²) in [7, 11) is -10.5. The van der Waals surface area contributed by atoms with E-state index in [4.69, 9.17) is 9.05 Å². The lowest BCUT2D eigenvalue weighted by atomic mass is 10.0. The fourth-order valence-corrected chi connectivity index (χ4v) is 6.22. The highest BCUT2D eigenvalue weighted by Gasteiger charge is 2.41. The van der Waals surface area contributed by atoms with E-state index in [2.05, 4.69) is 91.8 Å². The average molecular weight is 725 g/mol. The van der Waals surface area contributed by atoms with Crippen molar-refractivity contribution in [1.29, 1.82) is 0 Å². The van der Waals surface area contributed by atoms with Crippen LogP contribution in [0.4, 0.5) is 0 Å². The zero-order chi connectivity index (χ0) is 37.7. The second kappa shape index (κ2) is 24.3. The zero-order valence-corrected chi connectivity index (χ0v) is 33.7. The molecule has 10 heteroatoms. The molecule has 4 N–H and O–H groups in total. The lowest BCUT2D eigenvalue weighted by Crippen LogP contribution is -2.30. The molecule has 0 bridgehead atoms. The first-order valence-corrected chi connectivity index (χ1v) is 20.5. The molecule has 0 aliphatic heterocycles. The van der Waals surface area contributed by atoms with E-state index in [-0.39, 0.29) is 0 Å². The Morgan fingerprint density at radius 3 is 0.878 bits per heavy atom. The predicted octanol–water partition coefficient (Wildman–Crippen LogP) is 12.2. The summed E-state index contributed by atoms with van der Waals surface area (Å²) in [5, 5.41) is 0. The van der Waals surface area contributed by atoms with Gasteiger partial charge in [-0.2, -0.15) is 0 Å². The number of hydrogen-bond acceptors (Lipinski definition) is 4. The molecule has 0 saturated carbocycles. The van der Waals surface area contributed by atoms with Crippen molar-refractivity contribution in [3.05, 3.63) is 93.2 Å². The largest absolute Gasteiger partial charge is 0.472 e. The Labute approximate surface area is 298 Å². The van der Waals surface area contributed by atoms with Crippen LogP contribution in [0.15, 0.2) is 93.2 Å². The Hall–Kier alpha value is -1.86. The molecule has 49 heavy (non-hydrogen) atoms. The third-order valence-corrected chi connectivity index (χ3v) is 8.77. The topological polar surface area (TPSA) is 134 Å². The van der Waals surface area contributed by atoms with Gasteiger partial charge in [0, 0.05) is 0 Å². The predicted molar refractivity (Wildman–Crippen MR) is 206 cm³/mol. The fourth-order valence-electron chi connectivity index (χ4n) is 5.14. The van der Waals surface area contributed by atoms with Crippen molar-refractivity contribution in [1.82, 2.24) is 0 Å². The van der Waals surface area contributed by atoms with E-state index >= 15 is 0 Å². The van der Waals surface area contributed by atoms with Crippen LogP contribution in [0.3, 0.4) is 0 Å². The van der Waals surface area contributed by atoms with Crippen LogP contribution in [0.25, 0.3) is 0 Å². The molecule has 0 unspecified atom stereocenters. The van der Waals surface area contributed by atoms with Gasteiger partial charge >= 0.3 is 15.6 Å². The zero-order valence-electron chi connectivity index (χ0n) is 31.9. The van der Waals surface area contributed by atoms with Crippen molar-refractivity contribution in [3.63, 3.8) is 0 Å². The van der Waals surface area contributed by atoms with Gasteiger partial charge in [0.2, 0.25) is 5.79 Å². The van der Waals surface area contributed by atoms with Crippen molar-refractivity contribution < 1.29 is 37.8 Å². The van der Waals surface area contributed by atoms with Crippen LogP contribution in [0.2, 0.25) is 0 Å². The van der Waals surface area contributed by atoms with Gasteiger partial charge in [-0.3, -0.25) is 0 Å². The maximum absolute atomic E-state index is 12.0. The highest BCUT2D eigenvalue weighted by Crippen LogP contribution is 2.51. The maximum Gasteiger partial charge on any atom is 0.472 e. The molecular formula is C39H66O8P2. The molecule has 0 spiro atoms. The minimum atomic E-state index is -5.23. The number of rotatable bonds is 24. The lowest BCUT2D eigenvalue weighted by molar-refractivity contribution is -0.0633. The average Bonchev–Trinajstić information content (AvgIpc) is 2.90. The fraction of sp³-hybridized carbons (Fsp3) is 0.590. The number of phosphoric ester groups is 2. The molecule has 0 heterocycles. The van der Waals surface area contributed by atoms with Crippen molar-refractivity contribution in [2.24, 2.45) is 0 Å². The molecule has 0 aliphatic carbocycles. The molecular weight excluding hydrogens is 658 g/mol. The Morgan fingerprint density at radius 2 is 0.653 bits per heavy atom. The molecule has 0 fully saturated rings. The minimum Gasteiger partial charge on any atom is -0.303 e. The third kappa shape index (κ3) is 28.5. The molecule has 8 nitrogen and oxygen atoms in total. The van der Waals surface area contributed by atoms with Crippen LogP contribution in [0.1, 0.15) is 146 Å². The van der Waals surface area contributed by atoms with Crippen LogP contribution in [-0.2, 0) is 18.2 Å². The summed E-state index contributed by atoms with van der Waals surface area (Å²) in [6, 6.07) is 0. The summed E-state index contributed by atoms with van der Waals surface area (Å²) in [5.41, 5.74) is 9.04. The molecule has 0 amide bonds. The first-order valence-electron chi connectivity index (χ1n) is 17.4. The summed E-state index contributed by atoms with van der Waals surface area (Å²) < 4.78 is 34.0. The Morgan fingerprint density at radius 1 is 0.429 bits per heavy atom. The monoisotopic (exact) mass is 724 g/mol. The smallest absolute Gasteiger partial charge is 0.303 e. The normalized spacial score (nSPS) is 14.7. The molecule has 0 saturated heterocycles. The maximum atomic E-state index is 12.0. The van der Waals surface area contributed by atoms with Gasteiger partial charge in [0.1, 0.15) is 0 Å². The number of allylic oxidation sites excluding steroid dienone is 14. The molecule has 0 atom stereocenters. The highest BCUT2D eigenvalue weighted by atomic mass is 31.2.